The second kappa shape index (κ2) is 7.03. The van der Waals surface area contributed by atoms with Gasteiger partial charge in [0.15, 0.2) is 0 Å². The molecular formula is C13H22N2O3. The van der Waals surface area contributed by atoms with Crippen molar-refractivity contribution in [1.29, 1.82) is 0 Å². The Kier molecular flexibility index (Phi) is 5.68. The van der Waals surface area contributed by atoms with Crippen molar-refractivity contribution < 1.29 is 14.3 Å². The summed E-state index contributed by atoms with van der Waals surface area (Å²) in [5.74, 6) is -0.381. The van der Waals surface area contributed by atoms with Crippen LogP contribution in [0.3, 0.4) is 0 Å². The molecular weight excluding hydrogens is 232 g/mol. The molecule has 0 saturated carbocycles. The molecule has 1 atom stereocenters. The second-order valence-corrected chi connectivity index (χ2v) is 4.71. The molecule has 0 spiro atoms. The van der Waals surface area contributed by atoms with Crippen molar-refractivity contribution in [2.75, 3.05) is 19.7 Å². The Labute approximate surface area is 108 Å². The molecule has 1 aliphatic heterocycles. The largest absolute Gasteiger partial charge is 0.466 e. The van der Waals surface area contributed by atoms with Crippen LogP contribution in [-0.2, 0) is 9.53 Å². The molecule has 1 saturated heterocycles. The highest BCUT2D eigenvalue weighted by atomic mass is 16.5. The third-order valence-corrected chi connectivity index (χ3v) is 2.81. The number of hydrogen-bond donors (Lipinski definition) is 1. The molecule has 18 heavy (non-hydrogen) atoms. The Bertz CT molecular complexity index is 335. The van der Waals surface area contributed by atoms with E-state index < -0.39 is 0 Å². The number of piperidine rings is 1. The van der Waals surface area contributed by atoms with E-state index >= 15 is 0 Å². The summed E-state index contributed by atoms with van der Waals surface area (Å²) in [6.07, 6.45) is 3.31. The number of esters is 1. The molecule has 0 aromatic heterocycles. The van der Waals surface area contributed by atoms with E-state index in [2.05, 4.69) is 5.32 Å². The van der Waals surface area contributed by atoms with Crippen LogP contribution >= 0.6 is 0 Å². The van der Waals surface area contributed by atoms with Gasteiger partial charge in [-0.15, -0.1) is 0 Å². The average molecular weight is 254 g/mol. The second-order valence-electron chi connectivity index (χ2n) is 4.71. The van der Waals surface area contributed by atoms with Gasteiger partial charge in [-0.2, -0.15) is 0 Å². The first-order valence-corrected chi connectivity index (χ1v) is 6.40. The van der Waals surface area contributed by atoms with Crippen LogP contribution in [0.2, 0.25) is 0 Å². The Balaban J connectivity index is 2.50. The molecule has 1 rings (SSSR count). The number of hydrogen-bond acceptors (Lipinski definition) is 3. The van der Waals surface area contributed by atoms with Crippen LogP contribution in [0, 0.1) is 5.92 Å². The summed E-state index contributed by atoms with van der Waals surface area (Å²) in [6.45, 7) is 7.15. The van der Waals surface area contributed by atoms with E-state index in [0.29, 0.717) is 19.7 Å². The Morgan fingerprint density at radius 1 is 1.44 bits per heavy atom. The molecule has 1 aliphatic rings. The zero-order valence-corrected chi connectivity index (χ0v) is 11.4. The van der Waals surface area contributed by atoms with Gasteiger partial charge in [0.2, 0.25) is 0 Å². The van der Waals surface area contributed by atoms with Crippen LogP contribution < -0.4 is 5.32 Å². The highest BCUT2D eigenvalue weighted by Crippen LogP contribution is 2.17. The van der Waals surface area contributed by atoms with Crippen molar-refractivity contribution in [3.8, 4) is 0 Å². The number of amides is 2. The lowest BCUT2D eigenvalue weighted by atomic mass is 9.98. The summed E-state index contributed by atoms with van der Waals surface area (Å²) in [6, 6.07) is -0.148. The van der Waals surface area contributed by atoms with Crippen LogP contribution in [-0.4, -0.2) is 36.6 Å². The van der Waals surface area contributed by atoms with Crippen molar-refractivity contribution >= 4 is 12.0 Å². The maximum atomic E-state index is 11.8. The minimum absolute atomic E-state index is 0.148. The van der Waals surface area contributed by atoms with E-state index in [1.807, 2.05) is 13.8 Å². The first-order chi connectivity index (χ1) is 8.54. The van der Waals surface area contributed by atoms with Crippen molar-refractivity contribution in [2.24, 2.45) is 5.92 Å². The summed E-state index contributed by atoms with van der Waals surface area (Å²) in [5.41, 5.74) is 1.03. The van der Waals surface area contributed by atoms with E-state index in [-0.39, 0.29) is 17.9 Å². The SMILES string of the molecule is CCOC(=O)C1CCCN(C(=O)NC=C(C)C)C1. The average Bonchev–Trinajstić information content (AvgIpc) is 2.36. The molecule has 1 N–H and O–H groups in total. The molecule has 0 aromatic rings. The first-order valence-electron chi connectivity index (χ1n) is 6.40. The fourth-order valence-electron chi connectivity index (χ4n) is 1.91. The lowest BCUT2D eigenvalue weighted by Crippen LogP contribution is -2.46. The van der Waals surface area contributed by atoms with Gasteiger partial charge in [0.05, 0.1) is 12.5 Å². The molecule has 0 aliphatic carbocycles. The normalized spacial score (nSPS) is 19.1. The third kappa shape index (κ3) is 4.39. The Hall–Kier alpha value is -1.52. The van der Waals surface area contributed by atoms with E-state index in [0.717, 1.165) is 18.4 Å². The zero-order chi connectivity index (χ0) is 13.5. The predicted molar refractivity (Wildman–Crippen MR) is 68.9 cm³/mol. The number of nitrogens with one attached hydrogen (secondary N) is 1. The number of rotatable bonds is 3. The highest BCUT2D eigenvalue weighted by Gasteiger charge is 2.28. The van der Waals surface area contributed by atoms with Gasteiger partial charge < -0.3 is 15.0 Å². The number of carbonyl (C=O) groups excluding carboxylic acids is 2. The van der Waals surface area contributed by atoms with Gasteiger partial charge in [0, 0.05) is 19.3 Å². The summed E-state index contributed by atoms with van der Waals surface area (Å²) in [5, 5.41) is 2.72. The Morgan fingerprint density at radius 2 is 2.17 bits per heavy atom. The van der Waals surface area contributed by atoms with Crippen LogP contribution in [0.15, 0.2) is 11.8 Å². The van der Waals surface area contributed by atoms with E-state index in [4.69, 9.17) is 4.74 Å². The lowest BCUT2D eigenvalue weighted by Gasteiger charge is -2.31. The molecule has 102 valence electrons. The zero-order valence-electron chi connectivity index (χ0n) is 11.4. The number of nitrogens with zero attached hydrogens (tertiary/aromatic N) is 1. The molecule has 2 amide bonds. The van der Waals surface area contributed by atoms with Crippen LogP contribution in [0.5, 0.6) is 0 Å². The lowest BCUT2D eigenvalue weighted by molar-refractivity contribution is -0.149. The smallest absolute Gasteiger partial charge is 0.321 e. The topological polar surface area (TPSA) is 58.6 Å². The molecule has 0 radical (unpaired) electrons. The van der Waals surface area contributed by atoms with Crippen molar-refractivity contribution in [3.63, 3.8) is 0 Å². The van der Waals surface area contributed by atoms with Gasteiger partial charge >= 0.3 is 12.0 Å². The van der Waals surface area contributed by atoms with Gasteiger partial charge in [0.1, 0.15) is 0 Å². The van der Waals surface area contributed by atoms with Crippen LogP contribution in [0.25, 0.3) is 0 Å². The maximum absolute atomic E-state index is 11.8. The van der Waals surface area contributed by atoms with Crippen molar-refractivity contribution in [2.45, 2.75) is 33.6 Å². The van der Waals surface area contributed by atoms with E-state index in [1.165, 1.54) is 0 Å². The number of carbonyl (C=O) groups is 2. The van der Waals surface area contributed by atoms with Crippen LogP contribution in [0.4, 0.5) is 4.79 Å². The summed E-state index contributed by atoms with van der Waals surface area (Å²) in [4.78, 5) is 25.2. The van der Waals surface area contributed by atoms with Gasteiger partial charge in [-0.3, -0.25) is 4.79 Å². The minimum atomic E-state index is -0.197. The van der Waals surface area contributed by atoms with Crippen LogP contribution in [0.1, 0.15) is 33.6 Å². The van der Waals surface area contributed by atoms with Gasteiger partial charge in [-0.25, -0.2) is 4.79 Å². The molecule has 0 aromatic carbocycles. The number of allylic oxidation sites excluding steroid dienone is 1. The summed E-state index contributed by atoms with van der Waals surface area (Å²) < 4.78 is 5.00. The quantitative estimate of drug-likeness (QED) is 0.782. The first kappa shape index (κ1) is 14.5. The Morgan fingerprint density at radius 3 is 2.78 bits per heavy atom. The number of urea groups is 1. The predicted octanol–water partition coefficient (Wildman–Crippen LogP) is 1.89. The van der Waals surface area contributed by atoms with Gasteiger partial charge in [-0.1, -0.05) is 5.57 Å². The number of ether oxygens (including phenoxy) is 1. The minimum Gasteiger partial charge on any atom is -0.466 e. The standard InChI is InChI=1S/C13H22N2O3/c1-4-18-12(16)11-6-5-7-15(9-11)13(17)14-8-10(2)3/h8,11H,4-7,9H2,1-3H3,(H,14,17). The van der Waals surface area contributed by atoms with Gasteiger partial charge in [0.25, 0.3) is 0 Å². The van der Waals surface area contributed by atoms with Crippen molar-refractivity contribution in [1.82, 2.24) is 10.2 Å². The number of likely N-dealkylation sites (tertiary alicyclic amines) is 1. The molecule has 5 heteroatoms. The van der Waals surface area contributed by atoms with Crippen molar-refractivity contribution in [3.05, 3.63) is 11.8 Å². The summed E-state index contributed by atoms with van der Waals surface area (Å²) >= 11 is 0. The fraction of sp³-hybridized carbons (Fsp3) is 0.692. The van der Waals surface area contributed by atoms with Gasteiger partial charge in [-0.05, 0) is 33.6 Å². The molecule has 1 heterocycles. The van der Waals surface area contributed by atoms with E-state index in [1.54, 1.807) is 18.0 Å². The molecule has 1 fully saturated rings. The monoisotopic (exact) mass is 254 g/mol. The molecule has 0 bridgehead atoms. The molecule has 5 nitrogen and oxygen atoms in total. The highest BCUT2D eigenvalue weighted by molar-refractivity contribution is 5.78. The summed E-state index contributed by atoms with van der Waals surface area (Å²) in [7, 11) is 0. The van der Waals surface area contributed by atoms with E-state index in [9.17, 15) is 9.59 Å². The third-order valence-electron chi connectivity index (χ3n) is 2.81. The molecule has 1 unspecified atom stereocenters. The maximum Gasteiger partial charge on any atom is 0.321 e. The fourth-order valence-corrected chi connectivity index (χ4v) is 1.91.